The molecule has 2 aromatic rings. The Labute approximate surface area is 261 Å². The molecule has 1 unspecified atom stereocenters. The van der Waals surface area contributed by atoms with Crippen LogP contribution in [0.25, 0.3) is 0 Å². The summed E-state index contributed by atoms with van der Waals surface area (Å²) in [6.07, 6.45) is 3.77. The average Bonchev–Trinajstić information content (AvgIpc) is 3.64. The van der Waals surface area contributed by atoms with E-state index in [1.165, 1.54) is 44.2 Å². The van der Waals surface area contributed by atoms with Crippen LogP contribution in [-0.4, -0.2) is 57.9 Å². The molecule has 0 aliphatic heterocycles. The fourth-order valence-electron chi connectivity index (χ4n) is 5.26. The molecule has 0 spiro atoms. The Morgan fingerprint density at radius 1 is 1.11 bits per heavy atom. The van der Waals surface area contributed by atoms with Gasteiger partial charge in [-0.1, -0.05) is 33.6 Å². The van der Waals surface area contributed by atoms with Crippen molar-refractivity contribution in [2.75, 3.05) is 7.05 Å². The first-order chi connectivity index (χ1) is 20.7. The Balaban J connectivity index is 1.73. The van der Waals surface area contributed by atoms with Crippen molar-refractivity contribution in [3.8, 4) is 0 Å². The lowest BCUT2D eigenvalue weighted by Crippen LogP contribution is -2.41. The molecule has 44 heavy (non-hydrogen) atoms. The van der Waals surface area contributed by atoms with E-state index in [2.05, 4.69) is 10.3 Å². The molecule has 2 amide bonds. The molecular weight excluding hydrogens is 592 g/mol. The summed E-state index contributed by atoms with van der Waals surface area (Å²) in [5.74, 6) is -3.57. The Hall–Kier alpha value is -3.41. The van der Waals surface area contributed by atoms with Crippen molar-refractivity contribution < 1.29 is 37.8 Å². The monoisotopic (exact) mass is 635 g/mol. The number of hydrogen-bond acceptors (Lipinski definition) is 7. The zero-order chi connectivity index (χ0) is 32.6. The molecule has 1 aliphatic carbocycles. The first kappa shape index (κ1) is 35.1. The van der Waals surface area contributed by atoms with Gasteiger partial charge < -0.3 is 20.1 Å². The number of hydrogen-bond donors (Lipinski definition) is 2. The lowest BCUT2D eigenvalue weighted by atomic mass is 9.96. The average molecular weight is 636 g/mol. The van der Waals surface area contributed by atoms with Crippen LogP contribution in [-0.2, 0) is 25.5 Å². The van der Waals surface area contributed by atoms with Crippen molar-refractivity contribution in [1.82, 2.24) is 15.2 Å². The fraction of sp³-hybridized carbons (Fsp3) is 0.594. The van der Waals surface area contributed by atoms with Crippen molar-refractivity contribution in [2.24, 2.45) is 17.8 Å². The highest BCUT2D eigenvalue weighted by Gasteiger charge is 2.32. The number of thiazole rings is 1. The van der Waals surface area contributed by atoms with Crippen molar-refractivity contribution in [1.29, 1.82) is 0 Å². The second-order valence-corrected chi connectivity index (χ2v) is 13.1. The van der Waals surface area contributed by atoms with Crippen molar-refractivity contribution >= 4 is 35.1 Å². The van der Waals surface area contributed by atoms with Gasteiger partial charge in [-0.3, -0.25) is 19.2 Å². The van der Waals surface area contributed by atoms with Gasteiger partial charge in [0.15, 0.2) is 6.10 Å². The lowest BCUT2D eigenvalue weighted by molar-refractivity contribution is -0.148. The molecule has 2 N–H and O–H groups in total. The highest BCUT2D eigenvalue weighted by atomic mass is 32.1. The van der Waals surface area contributed by atoms with Gasteiger partial charge in [0, 0.05) is 50.3 Å². The third-order valence-electron chi connectivity index (χ3n) is 8.02. The van der Waals surface area contributed by atoms with Crippen LogP contribution in [0.2, 0.25) is 0 Å². The number of aryl methyl sites for hydroxylation is 1. The van der Waals surface area contributed by atoms with Crippen LogP contribution in [0.3, 0.4) is 0 Å². The van der Waals surface area contributed by atoms with E-state index >= 15 is 0 Å². The first-order valence-electron chi connectivity index (χ1n) is 15.1. The van der Waals surface area contributed by atoms with Crippen LogP contribution in [0.5, 0.6) is 0 Å². The molecule has 12 heteroatoms. The third kappa shape index (κ3) is 10.9. The standard InChI is InChI=1S/C32H43F2N3O6S/c1-18(2)27(37(5)29(39)11-9-21-6-7-21)16-28(43-20(4)38)31-36-26(17-44-31)30(40)35-25(12-19(3)32(41)42)10-8-22-13-23(33)15-24(34)14-22/h13-15,17-19,21,25,27-28H,6-12,16H2,1-5H3,(H,35,40)(H,41,42)/t19-,25-,27?,28+/m0/s1. The predicted molar refractivity (Wildman–Crippen MR) is 162 cm³/mol. The smallest absolute Gasteiger partial charge is 0.306 e. The molecule has 0 bridgehead atoms. The summed E-state index contributed by atoms with van der Waals surface area (Å²) in [6.45, 7) is 6.81. The number of carboxylic acids is 1. The molecule has 9 nitrogen and oxygen atoms in total. The number of carbonyl (C=O) groups is 4. The molecule has 1 aliphatic rings. The lowest BCUT2D eigenvalue weighted by Gasteiger charge is -2.33. The Kier molecular flexibility index (Phi) is 12.8. The molecule has 0 radical (unpaired) electrons. The number of ether oxygens (including phenoxy) is 1. The molecular formula is C32H43F2N3O6S. The van der Waals surface area contributed by atoms with E-state index in [-0.39, 0.29) is 42.8 Å². The minimum absolute atomic E-state index is 0.0407. The van der Waals surface area contributed by atoms with E-state index in [1.807, 2.05) is 13.8 Å². The van der Waals surface area contributed by atoms with E-state index in [9.17, 15) is 33.1 Å². The van der Waals surface area contributed by atoms with Gasteiger partial charge in [0.2, 0.25) is 5.91 Å². The van der Waals surface area contributed by atoms with Gasteiger partial charge >= 0.3 is 11.9 Å². The number of amides is 2. The van der Waals surface area contributed by atoms with Crippen molar-refractivity contribution in [3.05, 3.63) is 51.5 Å². The summed E-state index contributed by atoms with van der Waals surface area (Å²) in [4.78, 5) is 55.9. The molecule has 0 saturated heterocycles. The number of esters is 1. The summed E-state index contributed by atoms with van der Waals surface area (Å²) in [5, 5.41) is 14.2. The number of nitrogens with one attached hydrogen (secondary N) is 1. The highest BCUT2D eigenvalue weighted by molar-refractivity contribution is 7.09. The van der Waals surface area contributed by atoms with E-state index in [0.717, 1.165) is 23.8 Å². The minimum atomic E-state index is -1.03. The number of nitrogens with zero attached hydrogens (tertiary/aromatic N) is 2. The summed E-state index contributed by atoms with van der Waals surface area (Å²) >= 11 is 1.15. The van der Waals surface area contributed by atoms with Gasteiger partial charge in [0.1, 0.15) is 22.3 Å². The zero-order valence-corrected chi connectivity index (χ0v) is 26.8. The fourth-order valence-corrected chi connectivity index (χ4v) is 6.10. The number of aliphatic carboxylic acids is 1. The first-order valence-corrected chi connectivity index (χ1v) is 16.0. The second-order valence-electron chi connectivity index (χ2n) is 12.2. The predicted octanol–water partition coefficient (Wildman–Crippen LogP) is 5.93. The molecule has 1 heterocycles. The maximum atomic E-state index is 13.7. The Morgan fingerprint density at radius 2 is 1.77 bits per heavy atom. The van der Waals surface area contributed by atoms with Crippen LogP contribution in [0, 0.1) is 29.4 Å². The van der Waals surface area contributed by atoms with Crippen LogP contribution in [0.15, 0.2) is 23.6 Å². The maximum absolute atomic E-state index is 13.7. The SMILES string of the molecule is CC(=O)O[C@H](CC(C(C)C)N(C)C(=O)CCC1CC1)c1nc(C(=O)N[C@@H](CCc2cc(F)cc(F)c2)C[C@H](C)C(=O)O)cs1. The van der Waals surface area contributed by atoms with Crippen LogP contribution in [0.1, 0.15) is 99.8 Å². The molecule has 1 aromatic heterocycles. The zero-order valence-electron chi connectivity index (χ0n) is 26.0. The molecule has 242 valence electrons. The number of aromatic nitrogens is 1. The number of benzene rings is 1. The number of halogens is 2. The second kappa shape index (κ2) is 16.1. The third-order valence-corrected chi connectivity index (χ3v) is 8.95. The Bertz CT molecular complexity index is 1290. The summed E-state index contributed by atoms with van der Waals surface area (Å²) in [5.41, 5.74) is 0.461. The van der Waals surface area contributed by atoms with Crippen LogP contribution >= 0.6 is 11.3 Å². The number of carbonyl (C=O) groups excluding carboxylic acids is 3. The van der Waals surface area contributed by atoms with Crippen molar-refractivity contribution in [2.45, 2.75) is 97.2 Å². The van der Waals surface area contributed by atoms with Gasteiger partial charge in [-0.25, -0.2) is 13.8 Å². The van der Waals surface area contributed by atoms with Gasteiger partial charge in [0.25, 0.3) is 5.91 Å². The normalized spacial score (nSPS) is 15.7. The van der Waals surface area contributed by atoms with Crippen LogP contribution < -0.4 is 5.32 Å². The molecule has 4 atom stereocenters. The van der Waals surface area contributed by atoms with Gasteiger partial charge in [-0.15, -0.1) is 11.3 Å². The molecule has 1 aromatic carbocycles. The topological polar surface area (TPSA) is 126 Å². The van der Waals surface area contributed by atoms with Crippen LogP contribution in [0.4, 0.5) is 8.78 Å². The van der Waals surface area contributed by atoms with E-state index in [1.54, 1.807) is 11.9 Å². The summed E-state index contributed by atoms with van der Waals surface area (Å²) < 4.78 is 33.0. The summed E-state index contributed by atoms with van der Waals surface area (Å²) in [6, 6.07) is 2.32. The quantitative estimate of drug-likeness (QED) is 0.206. The van der Waals surface area contributed by atoms with E-state index in [0.29, 0.717) is 29.3 Å². The van der Waals surface area contributed by atoms with Gasteiger partial charge in [-0.05, 0) is 55.2 Å². The van der Waals surface area contributed by atoms with Gasteiger partial charge in [-0.2, -0.15) is 0 Å². The molecule has 1 saturated carbocycles. The minimum Gasteiger partial charge on any atom is -0.481 e. The van der Waals surface area contributed by atoms with Gasteiger partial charge in [0.05, 0.1) is 5.92 Å². The molecule has 3 rings (SSSR count). The van der Waals surface area contributed by atoms with Crippen molar-refractivity contribution in [3.63, 3.8) is 0 Å². The number of carboxylic acid groups (broad SMARTS) is 1. The van der Waals surface area contributed by atoms with E-state index in [4.69, 9.17) is 4.74 Å². The summed E-state index contributed by atoms with van der Waals surface area (Å²) in [7, 11) is 1.77. The highest BCUT2D eigenvalue weighted by Crippen LogP contribution is 2.34. The van der Waals surface area contributed by atoms with E-state index < -0.39 is 47.5 Å². The molecule has 1 fully saturated rings. The largest absolute Gasteiger partial charge is 0.481 e. The Morgan fingerprint density at radius 3 is 2.34 bits per heavy atom. The maximum Gasteiger partial charge on any atom is 0.306 e. The number of rotatable bonds is 17.